The Morgan fingerprint density at radius 3 is 2.63 bits per heavy atom. The van der Waals surface area contributed by atoms with Gasteiger partial charge >= 0.3 is 0 Å². The zero-order valence-corrected chi connectivity index (χ0v) is 14.5. The van der Waals surface area contributed by atoms with E-state index >= 15 is 0 Å². The van der Waals surface area contributed by atoms with Crippen LogP contribution in [0.1, 0.15) is 11.5 Å². The van der Waals surface area contributed by atoms with Crippen LogP contribution in [0.5, 0.6) is 0 Å². The average molecular weight is 364 g/mol. The van der Waals surface area contributed by atoms with E-state index in [2.05, 4.69) is 31.0 Å². The van der Waals surface area contributed by atoms with Crippen LogP contribution < -0.4 is 4.90 Å². The second kappa shape index (κ2) is 7.51. The summed E-state index contributed by atoms with van der Waals surface area (Å²) in [5.41, 5.74) is 1.31. The standard InChI is InChI=1S/C19H17FN6O/c20-16-5-3-14(4-6-16)18-23-17(27-24-18)13-25-8-10-26(11-9-25)19-15(12-21)2-1-7-22-19/h1-7H,8-11,13H2. The van der Waals surface area contributed by atoms with Gasteiger partial charge in [0.15, 0.2) is 0 Å². The van der Waals surface area contributed by atoms with Crippen molar-refractivity contribution in [3.05, 3.63) is 59.9 Å². The minimum atomic E-state index is -0.298. The minimum absolute atomic E-state index is 0.298. The topological polar surface area (TPSA) is 82.1 Å². The zero-order chi connectivity index (χ0) is 18.6. The Morgan fingerprint density at radius 2 is 1.89 bits per heavy atom. The number of piperazine rings is 1. The lowest BCUT2D eigenvalue weighted by Gasteiger charge is -2.34. The molecule has 1 aliphatic heterocycles. The first-order chi connectivity index (χ1) is 13.2. The van der Waals surface area contributed by atoms with E-state index in [0.29, 0.717) is 23.8 Å². The zero-order valence-electron chi connectivity index (χ0n) is 14.5. The maximum absolute atomic E-state index is 13.0. The predicted octanol–water partition coefficient (Wildman–Crippen LogP) is 2.46. The van der Waals surface area contributed by atoms with Crippen LogP contribution in [0, 0.1) is 17.1 Å². The number of hydrogen-bond donors (Lipinski definition) is 0. The fourth-order valence-electron chi connectivity index (χ4n) is 3.08. The number of hydrogen-bond acceptors (Lipinski definition) is 7. The molecule has 1 saturated heterocycles. The summed E-state index contributed by atoms with van der Waals surface area (Å²) in [5.74, 6) is 1.41. The molecule has 0 amide bonds. The van der Waals surface area contributed by atoms with Gasteiger partial charge in [0.05, 0.1) is 12.1 Å². The first kappa shape index (κ1) is 17.1. The third-order valence-electron chi connectivity index (χ3n) is 4.51. The second-order valence-electron chi connectivity index (χ2n) is 6.27. The molecule has 3 heterocycles. The highest BCUT2D eigenvalue weighted by molar-refractivity contribution is 5.54. The molecule has 0 bridgehead atoms. The molecule has 0 spiro atoms. The molecule has 3 aromatic rings. The molecule has 0 aliphatic carbocycles. The molecule has 1 aromatic carbocycles. The molecule has 0 atom stereocenters. The van der Waals surface area contributed by atoms with Crippen LogP contribution >= 0.6 is 0 Å². The highest BCUT2D eigenvalue weighted by Crippen LogP contribution is 2.20. The van der Waals surface area contributed by atoms with Crippen molar-refractivity contribution < 1.29 is 8.91 Å². The second-order valence-corrected chi connectivity index (χ2v) is 6.27. The van der Waals surface area contributed by atoms with Gasteiger partial charge in [0.2, 0.25) is 11.7 Å². The van der Waals surface area contributed by atoms with Crippen LogP contribution in [0.2, 0.25) is 0 Å². The van der Waals surface area contributed by atoms with E-state index in [-0.39, 0.29) is 5.82 Å². The highest BCUT2D eigenvalue weighted by atomic mass is 19.1. The van der Waals surface area contributed by atoms with E-state index < -0.39 is 0 Å². The smallest absolute Gasteiger partial charge is 0.241 e. The number of nitrogens with zero attached hydrogens (tertiary/aromatic N) is 6. The van der Waals surface area contributed by atoms with Gasteiger partial charge in [-0.1, -0.05) is 5.16 Å². The molecule has 136 valence electrons. The maximum atomic E-state index is 13.0. The lowest BCUT2D eigenvalue weighted by atomic mass is 10.2. The fourth-order valence-corrected chi connectivity index (χ4v) is 3.08. The molecule has 1 aliphatic rings. The average Bonchev–Trinajstić information content (AvgIpc) is 3.17. The quantitative estimate of drug-likeness (QED) is 0.703. The number of benzene rings is 1. The molecule has 4 rings (SSSR count). The minimum Gasteiger partial charge on any atom is -0.353 e. The van der Waals surface area contributed by atoms with E-state index in [4.69, 9.17) is 4.52 Å². The summed E-state index contributed by atoms with van der Waals surface area (Å²) in [6.07, 6.45) is 1.71. The molecule has 27 heavy (non-hydrogen) atoms. The Kier molecular flexibility index (Phi) is 4.77. The summed E-state index contributed by atoms with van der Waals surface area (Å²) in [7, 11) is 0. The van der Waals surface area contributed by atoms with Gasteiger partial charge in [-0.3, -0.25) is 4.90 Å². The number of nitriles is 1. The third kappa shape index (κ3) is 3.78. The lowest BCUT2D eigenvalue weighted by Crippen LogP contribution is -2.46. The van der Waals surface area contributed by atoms with Crippen molar-refractivity contribution in [3.63, 3.8) is 0 Å². The van der Waals surface area contributed by atoms with Crippen LogP contribution in [-0.2, 0) is 6.54 Å². The predicted molar refractivity (Wildman–Crippen MR) is 96.1 cm³/mol. The van der Waals surface area contributed by atoms with Crippen LogP contribution in [0.15, 0.2) is 47.1 Å². The van der Waals surface area contributed by atoms with Gasteiger partial charge in [-0.15, -0.1) is 0 Å². The summed E-state index contributed by atoms with van der Waals surface area (Å²) in [5, 5.41) is 13.2. The molecule has 0 unspecified atom stereocenters. The van der Waals surface area contributed by atoms with E-state index in [1.807, 2.05) is 0 Å². The van der Waals surface area contributed by atoms with E-state index in [9.17, 15) is 9.65 Å². The van der Waals surface area contributed by atoms with E-state index in [1.165, 1.54) is 12.1 Å². The Labute approximate surface area is 155 Å². The van der Waals surface area contributed by atoms with Crippen molar-refractivity contribution in [2.24, 2.45) is 0 Å². The van der Waals surface area contributed by atoms with Gasteiger partial charge in [-0.25, -0.2) is 9.37 Å². The number of anilines is 1. The molecule has 0 radical (unpaired) electrons. The van der Waals surface area contributed by atoms with Crippen molar-refractivity contribution in [1.29, 1.82) is 5.26 Å². The van der Waals surface area contributed by atoms with Crippen molar-refractivity contribution in [1.82, 2.24) is 20.0 Å². The van der Waals surface area contributed by atoms with Crippen LogP contribution in [0.25, 0.3) is 11.4 Å². The summed E-state index contributed by atoms with van der Waals surface area (Å²) in [4.78, 5) is 13.1. The molecule has 7 nitrogen and oxygen atoms in total. The van der Waals surface area contributed by atoms with Crippen LogP contribution in [0.4, 0.5) is 10.2 Å². The van der Waals surface area contributed by atoms with Crippen molar-refractivity contribution >= 4 is 5.82 Å². The number of aromatic nitrogens is 3. The monoisotopic (exact) mass is 364 g/mol. The molecular weight excluding hydrogens is 347 g/mol. The molecule has 2 aromatic heterocycles. The van der Waals surface area contributed by atoms with Gasteiger partial charge in [0.1, 0.15) is 17.7 Å². The van der Waals surface area contributed by atoms with Gasteiger partial charge < -0.3 is 9.42 Å². The van der Waals surface area contributed by atoms with Crippen molar-refractivity contribution in [3.8, 4) is 17.5 Å². The van der Waals surface area contributed by atoms with Gasteiger partial charge in [0.25, 0.3) is 0 Å². The third-order valence-corrected chi connectivity index (χ3v) is 4.51. The van der Waals surface area contributed by atoms with E-state index in [1.54, 1.807) is 30.5 Å². The largest absolute Gasteiger partial charge is 0.353 e. The van der Waals surface area contributed by atoms with Crippen molar-refractivity contribution in [2.45, 2.75) is 6.54 Å². The SMILES string of the molecule is N#Cc1cccnc1N1CCN(Cc2nc(-c3ccc(F)cc3)no2)CC1. The summed E-state index contributed by atoms with van der Waals surface area (Å²) in [6, 6.07) is 11.7. The van der Waals surface area contributed by atoms with Gasteiger partial charge in [-0.05, 0) is 36.4 Å². The molecule has 0 saturated carbocycles. The maximum Gasteiger partial charge on any atom is 0.241 e. The highest BCUT2D eigenvalue weighted by Gasteiger charge is 2.22. The fraction of sp³-hybridized carbons (Fsp3) is 0.263. The van der Waals surface area contributed by atoms with Crippen molar-refractivity contribution in [2.75, 3.05) is 31.1 Å². The van der Waals surface area contributed by atoms with Gasteiger partial charge in [0, 0.05) is 37.9 Å². The molecule has 0 N–H and O–H groups in total. The summed E-state index contributed by atoms with van der Waals surface area (Å²) >= 11 is 0. The molecular formula is C19H17FN6O. The summed E-state index contributed by atoms with van der Waals surface area (Å²) in [6.45, 7) is 3.69. The lowest BCUT2D eigenvalue weighted by molar-refractivity contribution is 0.215. The summed E-state index contributed by atoms with van der Waals surface area (Å²) < 4.78 is 18.4. The van der Waals surface area contributed by atoms with Gasteiger partial charge in [-0.2, -0.15) is 10.2 Å². The van der Waals surface area contributed by atoms with Crippen LogP contribution in [-0.4, -0.2) is 46.2 Å². The Bertz CT molecular complexity index is 957. The Hall–Kier alpha value is -3.31. The number of pyridine rings is 1. The first-order valence-corrected chi connectivity index (χ1v) is 8.64. The number of rotatable bonds is 4. The molecule has 1 fully saturated rings. The Balaban J connectivity index is 1.37. The first-order valence-electron chi connectivity index (χ1n) is 8.64. The van der Waals surface area contributed by atoms with E-state index in [0.717, 1.165) is 37.6 Å². The molecule has 8 heteroatoms. The normalized spacial score (nSPS) is 14.9. The van der Waals surface area contributed by atoms with Crippen LogP contribution in [0.3, 0.4) is 0 Å². The number of halogens is 1. The Morgan fingerprint density at radius 1 is 1.11 bits per heavy atom.